The molecule has 0 saturated carbocycles. The highest BCUT2D eigenvalue weighted by atomic mass is 16.4. The maximum atomic E-state index is 10.6. The second-order valence-electron chi connectivity index (χ2n) is 2.59. The molecule has 0 aromatic heterocycles. The van der Waals surface area contributed by atoms with Crippen molar-refractivity contribution in [3.63, 3.8) is 0 Å². The molecule has 0 saturated heterocycles. The predicted octanol–water partition coefficient (Wildman–Crippen LogP) is 1.14. The van der Waals surface area contributed by atoms with E-state index >= 15 is 0 Å². The Bertz CT molecular complexity index is 165. The van der Waals surface area contributed by atoms with Crippen molar-refractivity contribution in [1.29, 1.82) is 0 Å². The molecule has 64 valence electrons. The van der Waals surface area contributed by atoms with E-state index in [9.17, 15) is 4.79 Å². The summed E-state index contributed by atoms with van der Waals surface area (Å²) in [5, 5.41) is 8.70. The van der Waals surface area contributed by atoms with Gasteiger partial charge in [-0.15, -0.1) is 0 Å². The summed E-state index contributed by atoms with van der Waals surface area (Å²) < 4.78 is 0. The smallest absolute Gasteiger partial charge is 0.323 e. The van der Waals surface area contributed by atoms with Gasteiger partial charge < -0.3 is 10.8 Å². The molecule has 0 aromatic rings. The van der Waals surface area contributed by atoms with Crippen molar-refractivity contribution in [2.75, 3.05) is 0 Å². The summed E-state index contributed by atoms with van der Waals surface area (Å²) in [6.45, 7) is 3.62. The van der Waals surface area contributed by atoms with Gasteiger partial charge in [-0.1, -0.05) is 19.1 Å². The number of rotatable bonds is 4. The van der Waals surface area contributed by atoms with Gasteiger partial charge in [0.1, 0.15) is 5.54 Å². The summed E-state index contributed by atoms with van der Waals surface area (Å²) in [5.74, 6) is -0.932. The topological polar surface area (TPSA) is 63.3 Å². The van der Waals surface area contributed by atoms with E-state index in [1.165, 1.54) is 0 Å². The van der Waals surface area contributed by atoms with Crippen LogP contribution in [-0.2, 0) is 4.79 Å². The molecule has 1 unspecified atom stereocenters. The zero-order valence-electron chi connectivity index (χ0n) is 7.00. The van der Waals surface area contributed by atoms with Gasteiger partial charge in [0.25, 0.3) is 0 Å². The molecule has 0 aliphatic rings. The molecule has 1 atom stereocenters. The second-order valence-corrected chi connectivity index (χ2v) is 2.59. The summed E-state index contributed by atoms with van der Waals surface area (Å²) in [5.41, 5.74) is 4.50. The largest absolute Gasteiger partial charge is 0.480 e. The lowest BCUT2D eigenvalue weighted by atomic mass is 9.93. The second kappa shape index (κ2) is 4.13. The van der Waals surface area contributed by atoms with E-state index in [0.29, 0.717) is 12.8 Å². The number of hydrogen-bond acceptors (Lipinski definition) is 2. The van der Waals surface area contributed by atoms with E-state index < -0.39 is 11.5 Å². The number of carboxylic acid groups (broad SMARTS) is 1. The number of nitrogens with two attached hydrogens (primary N) is 1. The van der Waals surface area contributed by atoms with Crippen molar-refractivity contribution in [3.05, 3.63) is 12.2 Å². The molecule has 3 heteroatoms. The molecule has 3 nitrogen and oxygen atoms in total. The number of carbonyl (C=O) groups is 1. The molecule has 0 bridgehead atoms. The van der Waals surface area contributed by atoms with Crippen molar-refractivity contribution in [3.8, 4) is 0 Å². The Hall–Kier alpha value is -0.830. The minimum Gasteiger partial charge on any atom is -0.480 e. The number of hydrogen-bond donors (Lipinski definition) is 2. The lowest BCUT2D eigenvalue weighted by molar-refractivity contribution is -0.143. The van der Waals surface area contributed by atoms with Gasteiger partial charge in [0, 0.05) is 0 Å². The highest BCUT2D eigenvalue weighted by Crippen LogP contribution is 2.12. The minimum absolute atomic E-state index is 0.398. The fourth-order valence-electron chi connectivity index (χ4n) is 0.711. The number of carboxylic acids is 1. The molecule has 0 aliphatic heterocycles. The molecule has 0 fully saturated rings. The molecular weight excluding hydrogens is 142 g/mol. The molecule has 11 heavy (non-hydrogen) atoms. The molecule has 0 rings (SSSR count). The molecule has 0 radical (unpaired) electrons. The number of aliphatic carboxylic acids is 1. The Labute approximate surface area is 66.9 Å². The molecule has 0 heterocycles. The zero-order chi connectivity index (χ0) is 8.91. The Kier molecular flexibility index (Phi) is 3.82. The van der Waals surface area contributed by atoms with E-state index in [-0.39, 0.29) is 0 Å². The fourth-order valence-corrected chi connectivity index (χ4v) is 0.711. The predicted molar refractivity (Wildman–Crippen MR) is 44.3 cm³/mol. The van der Waals surface area contributed by atoms with Crippen LogP contribution in [0.2, 0.25) is 0 Å². The third-order valence-corrected chi connectivity index (χ3v) is 1.77. The third kappa shape index (κ3) is 2.72. The van der Waals surface area contributed by atoms with Crippen molar-refractivity contribution >= 4 is 5.97 Å². The standard InChI is InChI=1S/C8H15NO2/c1-3-5-6-8(9,4-2)7(10)11/h3,5H,4,6,9H2,1-2H3,(H,10,11)/b5-3+. The van der Waals surface area contributed by atoms with E-state index in [0.717, 1.165) is 0 Å². The summed E-state index contributed by atoms with van der Waals surface area (Å²) in [7, 11) is 0. The maximum Gasteiger partial charge on any atom is 0.323 e. The first kappa shape index (κ1) is 10.2. The molecule has 0 amide bonds. The highest BCUT2D eigenvalue weighted by molar-refractivity contribution is 5.78. The summed E-state index contributed by atoms with van der Waals surface area (Å²) in [4.78, 5) is 10.6. The van der Waals surface area contributed by atoms with Crippen LogP contribution in [0.1, 0.15) is 26.7 Å². The first-order chi connectivity index (χ1) is 5.06. The van der Waals surface area contributed by atoms with E-state index in [1.807, 2.05) is 6.92 Å². The van der Waals surface area contributed by atoms with Crippen LogP contribution in [0.3, 0.4) is 0 Å². The summed E-state index contributed by atoms with van der Waals surface area (Å²) in [6, 6.07) is 0. The van der Waals surface area contributed by atoms with E-state index in [4.69, 9.17) is 10.8 Å². The van der Waals surface area contributed by atoms with Gasteiger partial charge in [-0.2, -0.15) is 0 Å². The van der Waals surface area contributed by atoms with Crippen LogP contribution in [0.25, 0.3) is 0 Å². The van der Waals surface area contributed by atoms with Crippen LogP contribution < -0.4 is 5.73 Å². The van der Waals surface area contributed by atoms with Gasteiger partial charge in [0.2, 0.25) is 0 Å². The van der Waals surface area contributed by atoms with Gasteiger partial charge in [0.05, 0.1) is 0 Å². The average molecular weight is 157 g/mol. The lowest BCUT2D eigenvalue weighted by Crippen LogP contribution is -2.46. The van der Waals surface area contributed by atoms with Crippen molar-refractivity contribution in [1.82, 2.24) is 0 Å². The third-order valence-electron chi connectivity index (χ3n) is 1.77. The first-order valence-electron chi connectivity index (χ1n) is 3.70. The van der Waals surface area contributed by atoms with E-state index in [2.05, 4.69) is 0 Å². The Balaban J connectivity index is 4.22. The highest BCUT2D eigenvalue weighted by Gasteiger charge is 2.29. The van der Waals surface area contributed by atoms with Gasteiger partial charge >= 0.3 is 5.97 Å². The molecule has 3 N–H and O–H groups in total. The fraction of sp³-hybridized carbons (Fsp3) is 0.625. The number of allylic oxidation sites excluding steroid dienone is 1. The summed E-state index contributed by atoms with van der Waals surface area (Å²) in [6.07, 6.45) is 4.43. The Morgan fingerprint density at radius 3 is 2.55 bits per heavy atom. The summed E-state index contributed by atoms with van der Waals surface area (Å²) >= 11 is 0. The normalized spacial score (nSPS) is 16.6. The van der Waals surface area contributed by atoms with E-state index in [1.54, 1.807) is 19.1 Å². The first-order valence-corrected chi connectivity index (χ1v) is 3.70. The maximum absolute atomic E-state index is 10.6. The van der Waals surface area contributed by atoms with Crippen molar-refractivity contribution in [2.24, 2.45) is 5.73 Å². The Morgan fingerprint density at radius 1 is 1.73 bits per heavy atom. The van der Waals surface area contributed by atoms with Crippen LogP contribution in [0.5, 0.6) is 0 Å². The molecule has 0 spiro atoms. The molecule has 0 aliphatic carbocycles. The Morgan fingerprint density at radius 2 is 2.27 bits per heavy atom. The van der Waals surface area contributed by atoms with Crippen molar-refractivity contribution < 1.29 is 9.90 Å². The molecule has 0 aromatic carbocycles. The average Bonchev–Trinajstić information content (AvgIpc) is 2.00. The van der Waals surface area contributed by atoms with Crippen LogP contribution >= 0.6 is 0 Å². The lowest BCUT2D eigenvalue weighted by Gasteiger charge is -2.20. The van der Waals surface area contributed by atoms with Gasteiger partial charge in [0.15, 0.2) is 0 Å². The monoisotopic (exact) mass is 157 g/mol. The van der Waals surface area contributed by atoms with Crippen molar-refractivity contribution in [2.45, 2.75) is 32.2 Å². The van der Waals surface area contributed by atoms with Crippen LogP contribution in [-0.4, -0.2) is 16.6 Å². The quantitative estimate of drug-likeness (QED) is 0.601. The van der Waals surface area contributed by atoms with Crippen LogP contribution in [0.15, 0.2) is 12.2 Å². The van der Waals surface area contributed by atoms with Crippen LogP contribution in [0.4, 0.5) is 0 Å². The zero-order valence-corrected chi connectivity index (χ0v) is 7.00. The van der Waals surface area contributed by atoms with Crippen LogP contribution in [0, 0.1) is 0 Å². The van der Waals surface area contributed by atoms with Gasteiger partial charge in [-0.3, -0.25) is 4.79 Å². The van der Waals surface area contributed by atoms with Gasteiger partial charge in [-0.25, -0.2) is 0 Å². The SMILES string of the molecule is C/C=C/CC(N)(CC)C(=O)O. The minimum atomic E-state index is -1.08. The molecular formula is C8H15NO2. The van der Waals surface area contributed by atoms with Gasteiger partial charge in [-0.05, 0) is 19.8 Å².